The number of nitrogens with zero attached hydrogens (tertiary/aromatic N) is 2. The molecule has 0 rings (SSSR count). The quantitative estimate of drug-likeness (QED) is 0.602. The fourth-order valence-corrected chi connectivity index (χ4v) is 3.36. The standard InChI is InChI=1S/2C4H10NO.4CH3.2Ga/c2*1-5(2)3-4-6;;;;;;/h2*3-4H2,1-2H3;4*1H3;;/q2*-1;;;;;2*+1. The second kappa shape index (κ2) is 14.5. The molecule has 0 aliphatic heterocycles. The second-order valence-electron chi connectivity index (χ2n) is 5.45. The Morgan fingerprint density at radius 1 is 0.667 bits per heavy atom. The van der Waals surface area contributed by atoms with Crippen LogP contribution in [0.1, 0.15) is 0 Å². The fourth-order valence-electron chi connectivity index (χ4n) is 0.942. The SMILES string of the molecule is CN(C)CC[O][Ga]([CH3])[CH3].CN(C)CC[O][Ga]([CH3])[CH3]. The molecule has 0 spiro atoms. The third-order valence-corrected chi connectivity index (χ3v) is 5.77. The fraction of sp³-hybridized carbons (Fsp3) is 1.00. The van der Waals surface area contributed by atoms with E-state index in [4.69, 9.17) is 7.06 Å². The van der Waals surface area contributed by atoms with E-state index in [9.17, 15) is 0 Å². The van der Waals surface area contributed by atoms with Crippen LogP contribution in [0.2, 0.25) is 21.9 Å². The zero-order valence-corrected chi connectivity index (χ0v) is 18.5. The Morgan fingerprint density at radius 3 is 1.11 bits per heavy atom. The third kappa shape index (κ3) is 25.8. The maximum atomic E-state index is 5.50. The number of rotatable bonds is 8. The predicted molar refractivity (Wildman–Crippen MR) is 84.0 cm³/mol. The van der Waals surface area contributed by atoms with Crippen LogP contribution in [-0.2, 0) is 7.06 Å². The Morgan fingerprint density at radius 2 is 0.944 bits per heavy atom. The number of hydrogen-bond donors (Lipinski definition) is 0. The van der Waals surface area contributed by atoms with Gasteiger partial charge in [0.15, 0.2) is 0 Å². The van der Waals surface area contributed by atoms with Crippen LogP contribution >= 0.6 is 0 Å². The van der Waals surface area contributed by atoms with Gasteiger partial charge < -0.3 is 0 Å². The topological polar surface area (TPSA) is 24.9 Å². The van der Waals surface area contributed by atoms with Crippen molar-refractivity contribution in [3.05, 3.63) is 0 Å². The van der Waals surface area contributed by atoms with Crippen molar-refractivity contribution in [2.24, 2.45) is 0 Å². The Bertz CT molecular complexity index is 134. The first-order chi connectivity index (χ1) is 8.25. The van der Waals surface area contributed by atoms with E-state index in [0.29, 0.717) is 0 Å². The van der Waals surface area contributed by atoms with Crippen molar-refractivity contribution in [1.82, 2.24) is 9.80 Å². The van der Waals surface area contributed by atoms with E-state index < -0.39 is 33.2 Å². The zero-order valence-electron chi connectivity index (χ0n) is 13.7. The molecule has 0 N–H and O–H groups in total. The van der Waals surface area contributed by atoms with E-state index in [1.165, 1.54) is 0 Å². The van der Waals surface area contributed by atoms with Crippen LogP contribution in [0.4, 0.5) is 0 Å². The van der Waals surface area contributed by atoms with Gasteiger partial charge in [-0.3, -0.25) is 0 Å². The molecule has 0 aliphatic carbocycles. The Balaban J connectivity index is 0. The molecule has 0 atom stereocenters. The molecule has 0 aromatic carbocycles. The van der Waals surface area contributed by atoms with Gasteiger partial charge in [0, 0.05) is 0 Å². The van der Waals surface area contributed by atoms with Crippen molar-refractivity contribution in [3.8, 4) is 0 Å². The molecular weight excluding hydrogens is 344 g/mol. The van der Waals surface area contributed by atoms with Crippen LogP contribution < -0.4 is 0 Å². The van der Waals surface area contributed by atoms with Crippen LogP contribution in [0.5, 0.6) is 0 Å². The van der Waals surface area contributed by atoms with Crippen LogP contribution in [0.15, 0.2) is 0 Å². The molecule has 0 unspecified atom stereocenters. The summed E-state index contributed by atoms with van der Waals surface area (Å²) in [4.78, 5) is 4.29. The van der Waals surface area contributed by atoms with E-state index >= 15 is 0 Å². The second-order valence-corrected chi connectivity index (χ2v) is 15.6. The van der Waals surface area contributed by atoms with Crippen molar-refractivity contribution in [1.29, 1.82) is 0 Å². The molecule has 4 nitrogen and oxygen atoms in total. The Labute approximate surface area is 126 Å². The number of hydrogen-bond acceptors (Lipinski definition) is 4. The van der Waals surface area contributed by atoms with Gasteiger partial charge in [0.1, 0.15) is 0 Å². The summed E-state index contributed by atoms with van der Waals surface area (Å²) in [6.07, 6.45) is 0. The van der Waals surface area contributed by atoms with Gasteiger partial charge in [0.2, 0.25) is 0 Å². The van der Waals surface area contributed by atoms with Crippen LogP contribution in [0, 0.1) is 0 Å². The summed E-state index contributed by atoms with van der Waals surface area (Å²) >= 11 is -2.30. The van der Waals surface area contributed by atoms with Gasteiger partial charge in [-0.15, -0.1) is 0 Å². The summed E-state index contributed by atoms with van der Waals surface area (Å²) in [5.41, 5.74) is 8.96. The van der Waals surface area contributed by atoms with Gasteiger partial charge in [-0.25, -0.2) is 0 Å². The molecule has 0 saturated carbocycles. The average molecular weight is 376 g/mol. The molecule has 0 saturated heterocycles. The van der Waals surface area contributed by atoms with Crippen LogP contribution in [0.3, 0.4) is 0 Å². The van der Waals surface area contributed by atoms with Gasteiger partial charge in [-0.1, -0.05) is 0 Å². The molecule has 6 heteroatoms. The van der Waals surface area contributed by atoms with Gasteiger partial charge in [0.05, 0.1) is 0 Å². The number of likely N-dealkylation sites (N-methyl/N-ethyl adjacent to an activating group) is 2. The molecule has 0 bridgehead atoms. The van der Waals surface area contributed by atoms with E-state index in [-0.39, 0.29) is 0 Å². The Hall–Kier alpha value is 1.11. The van der Waals surface area contributed by atoms with E-state index in [1.54, 1.807) is 0 Å². The molecule has 0 aromatic heterocycles. The van der Waals surface area contributed by atoms with Crippen molar-refractivity contribution in [3.63, 3.8) is 0 Å². The minimum atomic E-state index is -1.15. The molecule has 108 valence electrons. The van der Waals surface area contributed by atoms with Crippen molar-refractivity contribution in [2.45, 2.75) is 21.9 Å². The molecule has 0 radical (unpaired) electrons. The molecule has 0 fully saturated rings. The van der Waals surface area contributed by atoms with Crippen LogP contribution in [0.25, 0.3) is 0 Å². The first-order valence-corrected chi connectivity index (χ1v) is 18.4. The molecular formula is C12H32Ga2N2O2. The predicted octanol–water partition coefficient (Wildman–Crippen LogP) is 1.63. The van der Waals surface area contributed by atoms with Crippen LogP contribution in [-0.4, -0.2) is 97.5 Å². The Kier molecular flexibility index (Phi) is 17.3. The minimum absolute atomic E-state index is 0.921. The summed E-state index contributed by atoms with van der Waals surface area (Å²) in [5, 5.41) is 0. The maximum absolute atomic E-state index is 5.50. The van der Waals surface area contributed by atoms with E-state index in [2.05, 4.69) is 59.9 Å². The first-order valence-electron chi connectivity index (χ1n) is 6.78. The molecule has 18 heavy (non-hydrogen) atoms. The summed E-state index contributed by atoms with van der Waals surface area (Å²) < 4.78 is 11.0. The summed E-state index contributed by atoms with van der Waals surface area (Å²) in [7, 11) is 8.26. The molecule has 0 heterocycles. The third-order valence-electron chi connectivity index (χ3n) is 1.98. The van der Waals surface area contributed by atoms with E-state index in [0.717, 1.165) is 26.3 Å². The summed E-state index contributed by atoms with van der Waals surface area (Å²) in [6.45, 7) is 3.96. The molecule has 0 aliphatic rings. The molecule has 0 amide bonds. The summed E-state index contributed by atoms with van der Waals surface area (Å²) in [6, 6.07) is 0. The van der Waals surface area contributed by atoms with Crippen molar-refractivity contribution in [2.75, 3.05) is 54.5 Å². The first kappa shape index (κ1) is 21.4. The monoisotopic (exact) mass is 374 g/mol. The van der Waals surface area contributed by atoms with Crippen molar-refractivity contribution < 1.29 is 7.06 Å². The normalized spacial score (nSPS) is 10.3. The molecule has 0 aromatic rings. The van der Waals surface area contributed by atoms with E-state index in [1.807, 2.05) is 0 Å². The van der Waals surface area contributed by atoms with Gasteiger partial charge in [0.25, 0.3) is 0 Å². The zero-order chi connectivity index (χ0) is 14.6. The van der Waals surface area contributed by atoms with Crippen molar-refractivity contribution >= 4 is 33.2 Å². The van der Waals surface area contributed by atoms with Gasteiger partial charge >= 0.3 is 126 Å². The van der Waals surface area contributed by atoms with Gasteiger partial charge in [-0.05, 0) is 0 Å². The van der Waals surface area contributed by atoms with Gasteiger partial charge in [-0.2, -0.15) is 0 Å². The average Bonchev–Trinajstić information content (AvgIpc) is 2.15. The summed E-state index contributed by atoms with van der Waals surface area (Å²) in [5.74, 6) is 0.